The van der Waals surface area contributed by atoms with Gasteiger partial charge in [-0.15, -0.1) is 0 Å². The highest BCUT2D eigenvalue weighted by atomic mass is 16.5. The summed E-state index contributed by atoms with van der Waals surface area (Å²) in [5.74, 6) is 1.90. The average molecular weight is 475 g/mol. The number of rotatable bonds is 6. The second-order valence-corrected chi connectivity index (χ2v) is 9.78. The molecule has 35 heavy (non-hydrogen) atoms. The molecule has 2 saturated heterocycles. The number of pyridine rings is 1. The van der Waals surface area contributed by atoms with Crippen molar-refractivity contribution in [1.29, 1.82) is 0 Å². The third-order valence-corrected chi connectivity index (χ3v) is 7.47. The van der Waals surface area contributed by atoms with Crippen LogP contribution in [0.5, 0.6) is 11.5 Å². The zero-order valence-corrected chi connectivity index (χ0v) is 20.5. The summed E-state index contributed by atoms with van der Waals surface area (Å²) in [7, 11) is 1.75. The molecule has 0 N–H and O–H groups in total. The van der Waals surface area contributed by atoms with Crippen LogP contribution in [0.15, 0.2) is 48.7 Å². The van der Waals surface area contributed by atoms with Gasteiger partial charge in [0.25, 0.3) is 0 Å². The molecule has 7 nitrogen and oxygen atoms in total. The molecule has 184 valence electrons. The van der Waals surface area contributed by atoms with E-state index in [0.717, 1.165) is 75.9 Å². The Hall–Kier alpha value is -2.87. The largest absolute Gasteiger partial charge is 0.495 e. The van der Waals surface area contributed by atoms with Crippen molar-refractivity contribution in [3.8, 4) is 11.5 Å². The number of hydrogen-bond donors (Lipinski definition) is 0. The number of hydrogen-bond acceptors (Lipinski definition) is 7. The summed E-state index contributed by atoms with van der Waals surface area (Å²) in [5, 5.41) is 1.20. The molecular formula is C28H34N4O3. The molecule has 0 bridgehead atoms. The van der Waals surface area contributed by atoms with Crippen LogP contribution in [-0.2, 0) is 17.8 Å². The molecule has 1 unspecified atom stereocenters. The number of aromatic nitrogens is 1. The van der Waals surface area contributed by atoms with E-state index in [1.54, 1.807) is 7.11 Å². The lowest BCUT2D eigenvalue weighted by atomic mass is 10.0. The van der Waals surface area contributed by atoms with Gasteiger partial charge in [0.05, 0.1) is 18.9 Å². The van der Waals surface area contributed by atoms with E-state index in [0.29, 0.717) is 12.8 Å². The lowest BCUT2D eigenvalue weighted by Crippen LogP contribution is -2.46. The Morgan fingerprint density at radius 1 is 1.06 bits per heavy atom. The van der Waals surface area contributed by atoms with Gasteiger partial charge in [-0.25, -0.2) is 0 Å². The van der Waals surface area contributed by atoms with Crippen LogP contribution in [-0.4, -0.2) is 74.1 Å². The molecule has 3 aliphatic heterocycles. The van der Waals surface area contributed by atoms with Gasteiger partial charge in [0, 0.05) is 69.6 Å². The average Bonchev–Trinajstić information content (AvgIpc) is 3.42. The van der Waals surface area contributed by atoms with E-state index in [4.69, 9.17) is 19.2 Å². The number of nitrogens with zero attached hydrogens (tertiary/aromatic N) is 4. The molecule has 6 rings (SSSR count). The Balaban J connectivity index is 1.19. The van der Waals surface area contributed by atoms with Crippen molar-refractivity contribution in [2.75, 3.05) is 58.1 Å². The predicted molar refractivity (Wildman–Crippen MR) is 137 cm³/mol. The smallest absolute Gasteiger partial charge is 0.152 e. The Morgan fingerprint density at radius 3 is 2.77 bits per heavy atom. The summed E-state index contributed by atoms with van der Waals surface area (Å²) in [6, 6.07) is 14.9. The van der Waals surface area contributed by atoms with E-state index in [1.807, 2.05) is 24.4 Å². The maximum absolute atomic E-state index is 6.27. The first kappa shape index (κ1) is 22.6. The fraction of sp³-hybridized carbons (Fsp3) is 0.464. The van der Waals surface area contributed by atoms with Crippen LogP contribution in [0.3, 0.4) is 0 Å². The molecule has 4 heterocycles. The molecule has 1 aromatic heterocycles. The quantitative estimate of drug-likeness (QED) is 0.537. The lowest BCUT2D eigenvalue weighted by Gasteiger charge is -2.37. The zero-order valence-electron chi connectivity index (χ0n) is 20.5. The van der Waals surface area contributed by atoms with Gasteiger partial charge in [-0.3, -0.25) is 14.8 Å². The number of anilines is 1. The molecule has 0 spiro atoms. The Kier molecular flexibility index (Phi) is 6.46. The maximum Gasteiger partial charge on any atom is 0.152 e. The van der Waals surface area contributed by atoms with Gasteiger partial charge in [0.15, 0.2) is 5.75 Å². The van der Waals surface area contributed by atoms with Gasteiger partial charge in [-0.1, -0.05) is 18.2 Å². The number of methoxy groups -OCH3 is 1. The third kappa shape index (κ3) is 4.68. The van der Waals surface area contributed by atoms with Crippen LogP contribution in [0, 0.1) is 0 Å². The highest BCUT2D eigenvalue weighted by molar-refractivity contribution is 5.89. The minimum Gasteiger partial charge on any atom is -0.495 e. The van der Waals surface area contributed by atoms with Crippen molar-refractivity contribution in [3.05, 3.63) is 59.8 Å². The SMILES string of the molecule is COc1ccccc1N1CCN(Cc2cc3c(c4ncccc24)OCN(CC2CCCO2)C3)CC1. The number of piperazine rings is 1. The summed E-state index contributed by atoms with van der Waals surface area (Å²) < 4.78 is 17.7. The van der Waals surface area contributed by atoms with Crippen molar-refractivity contribution in [3.63, 3.8) is 0 Å². The first-order valence-corrected chi connectivity index (χ1v) is 12.7. The zero-order chi connectivity index (χ0) is 23.6. The van der Waals surface area contributed by atoms with Gasteiger partial charge in [0.1, 0.15) is 18.0 Å². The van der Waals surface area contributed by atoms with Crippen LogP contribution < -0.4 is 14.4 Å². The number of ether oxygens (including phenoxy) is 3. The topological polar surface area (TPSA) is 50.3 Å². The molecule has 0 aliphatic carbocycles. The fourth-order valence-electron chi connectivity index (χ4n) is 5.68. The van der Waals surface area contributed by atoms with Gasteiger partial charge < -0.3 is 19.1 Å². The molecule has 2 fully saturated rings. The van der Waals surface area contributed by atoms with Crippen LogP contribution in [0.2, 0.25) is 0 Å². The van der Waals surface area contributed by atoms with Crippen LogP contribution in [0.1, 0.15) is 24.0 Å². The first-order chi connectivity index (χ1) is 17.3. The molecule has 0 amide bonds. The normalized spacial score (nSPS) is 21.2. The highest BCUT2D eigenvalue weighted by Crippen LogP contribution is 2.36. The van der Waals surface area contributed by atoms with E-state index in [9.17, 15) is 0 Å². The van der Waals surface area contributed by atoms with E-state index >= 15 is 0 Å². The summed E-state index contributed by atoms with van der Waals surface area (Å²) in [4.78, 5) is 12.1. The van der Waals surface area contributed by atoms with Gasteiger partial charge >= 0.3 is 0 Å². The minimum atomic E-state index is 0.331. The Labute approximate surface area is 207 Å². The standard InChI is InChI=1S/C28H34N4O3/c1-33-26-9-3-2-8-25(26)32-13-11-30(12-14-32)17-21-16-22-18-31(19-23-6-5-15-34-23)20-35-28(22)27-24(21)7-4-10-29-27/h2-4,7-10,16,23H,5-6,11-15,17-20H2,1H3. The van der Waals surface area contributed by atoms with Crippen LogP contribution in [0.25, 0.3) is 10.9 Å². The van der Waals surface area contributed by atoms with Crippen molar-refractivity contribution in [2.45, 2.75) is 32.0 Å². The number of benzene rings is 2. The fourth-order valence-corrected chi connectivity index (χ4v) is 5.68. The van der Waals surface area contributed by atoms with Gasteiger partial charge in [-0.2, -0.15) is 0 Å². The van der Waals surface area contributed by atoms with Crippen molar-refractivity contribution < 1.29 is 14.2 Å². The molecule has 3 aliphatic rings. The van der Waals surface area contributed by atoms with Crippen molar-refractivity contribution in [2.24, 2.45) is 0 Å². The van der Waals surface area contributed by atoms with E-state index < -0.39 is 0 Å². The second-order valence-electron chi connectivity index (χ2n) is 9.78. The second kappa shape index (κ2) is 10.0. The molecule has 1 atom stereocenters. The number of fused-ring (bicyclic) bond motifs is 3. The van der Waals surface area contributed by atoms with Crippen molar-refractivity contribution in [1.82, 2.24) is 14.8 Å². The minimum absolute atomic E-state index is 0.331. The third-order valence-electron chi connectivity index (χ3n) is 7.47. The monoisotopic (exact) mass is 474 g/mol. The van der Waals surface area contributed by atoms with Crippen molar-refractivity contribution >= 4 is 16.6 Å². The number of para-hydroxylation sites is 2. The molecule has 0 radical (unpaired) electrons. The van der Waals surface area contributed by atoms with Crippen LogP contribution >= 0.6 is 0 Å². The van der Waals surface area contributed by atoms with E-state index in [1.165, 1.54) is 28.6 Å². The molecule has 7 heteroatoms. The highest BCUT2D eigenvalue weighted by Gasteiger charge is 2.27. The summed E-state index contributed by atoms with van der Waals surface area (Å²) in [5.41, 5.74) is 4.74. The summed E-state index contributed by atoms with van der Waals surface area (Å²) >= 11 is 0. The molecular weight excluding hydrogens is 440 g/mol. The molecule has 0 saturated carbocycles. The first-order valence-electron chi connectivity index (χ1n) is 12.7. The molecule has 2 aromatic carbocycles. The van der Waals surface area contributed by atoms with Gasteiger partial charge in [-0.05, 0) is 42.7 Å². The Bertz CT molecular complexity index is 1170. The van der Waals surface area contributed by atoms with E-state index in [2.05, 4.69) is 39.0 Å². The Morgan fingerprint density at radius 2 is 1.94 bits per heavy atom. The summed E-state index contributed by atoms with van der Waals surface area (Å²) in [6.07, 6.45) is 4.52. The lowest BCUT2D eigenvalue weighted by molar-refractivity contribution is 0.0285. The maximum atomic E-state index is 6.27. The summed E-state index contributed by atoms with van der Waals surface area (Å²) in [6.45, 7) is 8.22. The molecule has 3 aromatic rings. The van der Waals surface area contributed by atoms with E-state index in [-0.39, 0.29) is 0 Å². The predicted octanol–water partition coefficient (Wildman–Crippen LogP) is 3.90. The van der Waals surface area contributed by atoms with Crippen LogP contribution in [0.4, 0.5) is 5.69 Å². The van der Waals surface area contributed by atoms with Gasteiger partial charge in [0.2, 0.25) is 0 Å².